The first-order valence-electron chi connectivity index (χ1n) is 11.2. The fraction of sp³-hybridized carbons (Fsp3) is 0.500. The molecule has 3 fully saturated rings. The molecule has 3 saturated heterocycles. The number of aromatic nitrogens is 2. The number of β-lactam (4-membered cyclic amide) rings is 1. The quantitative estimate of drug-likeness (QED) is 0.194. The van der Waals surface area contributed by atoms with E-state index in [0.29, 0.717) is 24.1 Å². The average Bonchev–Trinajstić information content (AvgIpc) is 3.60. The lowest BCUT2D eigenvalue weighted by atomic mass is 10.0. The molecule has 36 heavy (non-hydrogen) atoms. The number of carboxylic acid groups (broad SMARTS) is 1. The topological polar surface area (TPSA) is 200 Å². The van der Waals surface area contributed by atoms with E-state index in [1.807, 2.05) is 4.90 Å². The maximum atomic E-state index is 12.9. The van der Waals surface area contributed by atoms with E-state index in [0.717, 1.165) is 35.9 Å². The standard InChI is InChI=1S/C20H22N8O6S2/c21-20-24-14(26-36-20)11(25-34)15(29)23-12-17(31)28-13(19(32)33)9(7-35-18(12)28)5-8-2-4-27(16(8)30)10-1-3-22-6-10/h5,10-12,18,22H,1-4,6-7H2,(H,23,29)(H,32,33)(H2,21,24,26)/t10?,11?,12-,18-/m1/s1. The molecule has 0 saturated carbocycles. The van der Waals surface area contributed by atoms with Crippen molar-refractivity contribution in [3.63, 3.8) is 0 Å². The Balaban J connectivity index is 1.33. The molecule has 5 rings (SSSR count). The van der Waals surface area contributed by atoms with Crippen LogP contribution in [0, 0.1) is 4.91 Å². The van der Waals surface area contributed by atoms with Gasteiger partial charge in [0.2, 0.25) is 11.9 Å². The summed E-state index contributed by atoms with van der Waals surface area (Å²) in [5, 5.41) is 17.7. The van der Waals surface area contributed by atoms with Crippen LogP contribution in [0.15, 0.2) is 28.1 Å². The third kappa shape index (κ3) is 4.14. The highest BCUT2D eigenvalue weighted by atomic mass is 32.2. The fourth-order valence-corrected chi connectivity index (χ4v) is 6.56. The third-order valence-corrected chi connectivity index (χ3v) is 8.39. The van der Waals surface area contributed by atoms with Crippen LogP contribution >= 0.6 is 23.3 Å². The Kier molecular flexibility index (Phi) is 6.48. The van der Waals surface area contributed by atoms with Crippen LogP contribution in [0.2, 0.25) is 0 Å². The molecule has 5 N–H and O–H groups in total. The van der Waals surface area contributed by atoms with Gasteiger partial charge in [0.15, 0.2) is 11.0 Å². The Bertz CT molecular complexity index is 1210. The Morgan fingerprint density at radius 2 is 2.17 bits per heavy atom. The lowest BCUT2D eigenvalue weighted by molar-refractivity contribution is -0.150. The number of fused-ring (bicyclic) bond motifs is 1. The lowest BCUT2D eigenvalue weighted by Gasteiger charge is -2.49. The molecule has 4 aliphatic heterocycles. The van der Waals surface area contributed by atoms with Gasteiger partial charge in [-0.05, 0) is 36.2 Å². The molecule has 190 valence electrons. The van der Waals surface area contributed by atoms with E-state index in [2.05, 4.69) is 25.2 Å². The van der Waals surface area contributed by atoms with Crippen molar-refractivity contribution < 1.29 is 24.3 Å². The highest BCUT2D eigenvalue weighted by molar-refractivity contribution is 8.00. The molecule has 0 radical (unpaired) electrons. The van der Waals surface area contributed by atoms with Crippen LogP contribution in [0.25, 0.3) is 0 Å². The summed E-state index contributed by atoms with van der Waals surface area (Å²) < 4.78 is 3.81. The summed E-state index contributed by atoms with van der Waals surface area (Å²) in [4.78, 5) is 68.5. The Morgan fingerprint density at radius 3 is 2.81 bits per heavy atom. The number of carbonyl (C=O) groups is 4. The van der Waals surface area contributed by atoms with E-state index in [9.17, 15) is 29.2 Å². The molecule has 0 aliphatic carbocycles. The average molecular weight is 535 g/mol. The van der Waals surface area contributed by atoms with E-state index in [1.54, 1.807) is 6.08 Å². The predicted octanol–water partition coefficient (Wildman–Crippen LogP) is -0.813. The maximum Gasteiger partial charge on any atom is 0.352 e. The summed E-state index contributed by atoms with van der Waals surface area (Å²) in [7, 11) is 0. The van der Waals surface area contributed by atoms with E-state index >= 15 is 0 Å². The summed E-state index contributed by atoms with van der Waals surface area (Å²) in [6.45, 7) is 2.17. The SMILES string of the molecule is Nc1nc(C(N=O)C(=O)N[C@@H]2C(=O)N3C(C(=O)O)=C(C=C4CCN(C5CCNC5)C4=O)CS[C@H]23)ns1. The molecular formula is C20H22N8O6S2. The van der Waals surface area contributed by atoms with Crippen molar-refractivity contribution in [3.8, 4) is 0 Å². The number of nitrogen functional groups attached to an aromatic ring is 1. The molecule has 3 amide bonds. The second-order valence-electron chi connectivity index (χ2n) is 8.64. The largest absolute Gasteiger partial charge is 0.477 e. The van der Waals surface area contributed by atoms with Crippen molar-refractivity contribution in [2.75, 3.05) is 31.1 Å². The highest BCUT2D eigenvalue weighted by Crippen LogP contribution is 2.41. The number of nitrogens with two attached hydrogens (primary N) is 1. The van der Waals surface area contributed by atoms with Crippen molar-refractivity contribution in [3.05, 3.63) is 33.7 Å². The Morgan fingerprint density at radius 1 is 1.36 bits per heavy atom. The number of carbonyl (C=O) groups excluding carboxylic acids is 3. The van der Waals surface area contributed by atoms with Gasteiger partial charge in [0, 0.05) is 42.0 Å². The minimum absolute atomic E-state index is 0.0573. The summed E-state index contributed by atoms with van der Waals surface area (Å²) >= 11 is 2.06. The summed E-state index contributed by atoms with van der Waals surface area (Å²) in [6.07, 6.45) is 2.96. The first-order valence-corrected chi connectivity index (χ1v) is 13.0. The highest BCUT2D eigenvalue weighted by Gasteiger charge is 2.54. The molecular weight excluding hydrogens is 512 g/mol. The number of thioether (sulfide) groups is 1. The van der Waals surface area contributed by atoms with Crippen molar-refractivity contribution in [1.82, 2.24) is 29.8 Å². The second kappa shape index (κ2) is 9.59. The number of aliphatic carboxylic acids is 1. The first kappa shape index (κ1) is 24.3. The van der Waals surface area contributed by atoms with Crippen LogP contribution in [0.3, 0.4) is 0 Å². The van der Waals surface area contributed by atoms with Gasteiger partial charge >= 0.3 is 5.97 Å². The zero-order valence-electron chi connectivity index (χ0n) is 18.7. The fourth-order valence-electron chi connectivity index (χ4n) is 4.79. The Labute approximate surface area is 212 Å². The molecule has 0 aromatic carbocycles. The molecule has 4 aliphatic rings. The van der Waals surface area contributed by atoms with Gasteiger partial charge in [-0.2, -0.15) is 4.37 Å². The summed E-state index contributed by atoms with van der Waals surface area (Å²) in [5.74, 6) is -2.88. The molecule has 1 aromatic heterocycles. The second-order valence-corrected chi connectivity index (χ2v) is 10.5. The van der Waals surface area contributed by atoms with Crippen LogP contribution in [0.4, 0.5) is 5.13 Å². The molecule has 14 nitrogen and oxygen atoms in total. The molecule has 4 atom stereocenters. The number of allylic oxidation sites excluding steroid dienone is 1. The number of hydrogen-bond donors (Lipinski definition) is 4. The smallest absolute Gasteiger partial charge is 0.352 e. The van der Waals surface area contributed by atoms with Crippen LogP contribution in [-0.2, 0) is 19.2 Å². The monoisotopic (exact) mass is 534 g/mol. The van der Waals surface area contributed by atoms with Gasteiger partial charge in [-0.25, -0.2) is 9.78 Å². The van der Waals surface area contributed by atoms with Crippen LogP contribution in [0.5, 0.6) is 0 Å². The third-order valence-electron chi connectivity index (χ3n) is 6.54. The molecule has 1 aromatic rings. The molecule has 2 unspecified atom stereocenters. The minimum atomic E-state index is -1.59. The van der Waals surface area contributed by atoms with E-state index in [1.165, 1.54) is 11.8 Å². The van der Waals surface area contributed by atoms with Gasteiger partial charge in [0.05, 0.1) is 0 Å². The zero-order valence-corrected chi connectivity index (χ0v) is 20.4. The summed E-state index contributed by atoms with van der Waals surface area (Å²) in [5.41, 5.74) is 6.17. The molecule has 0 bridgehead atoms. The molecule has 5 heterocycles. The lowest BCUT2D eigenvalue weighted by Crippen LogP contribution is -2.70. The Hall–Kier alpha value is -3.37. The van der Waals surface area contributed by atoms with Gasteiger partial charge in [0.1, 0.15) is 17.1 Å². The van der Waals surface area contributed by atoms with Crippen LogP contribution < -0.4 is 16.4 Å². The number of nitrogens with one attached hydrogen (secondary N) is 2. The number of rotatable bonds is 7. The van der Waals surface area contributed by atoms with Gasteiger partial charge in [-0.3, -0.25) is 19.3 Å². The van der Waals surface area contributed by atoms with Crippen molar-refractivity contribution in [2.24, 2.45) is 5.18 Å². The first-order chi connectivity index (χ1) is 17.3. The molecule has 0 spiro atoms. The van der Waals surface area contributed by atoms with Gasteiger partial charge in [-0.1, -0.05) is 0 Å². The van der Waals surface area contributed by atoms with Gasteiger partial charge < -0.3 is 26.4 Å². The number of nitrogens with zero attached hydrogens (tertiary/aromatic N) is 5. The summed E-state index contributed by atoms with van der Waals surface area (Å²) in [6, 6.07) is -2.51. The number of nitroso groups, excluding NO2 is 1. The number of carboxylic acids is 1. The number of likely N-dealkylation sites (tertiary alicyclic amines) is 1. The van der Waals surface area contributed by atoms with Crippen molar-refractivity contribution >= 4 is 52.1 Å². The number of hydrogen-bond acceptors (Lipinski definition) is 12. The van der Waals surface area contributed by atoms with Crippen molar-refractivity contribution in [2.45, 2.75) is 36.3 Å². The van der Waals surface area contributed by atoms with Crippen LogP contribution in [0.1, 0.15) is 24.7 Å². The number of anilines is 1. The van der Waals surface area contributed by atoms with Crippen LogP contribution in [-0.4, -0.2) is 90.8 Å². The number of amides is 3. The maximum absolute atomic E-state index is 12.9. The van der Waals surface area contributed by atoms with Gasteiger partial charge in [-0.15, -0.1) is 16.7 Å². The predicted molar refractivity (Wildman–Crippen MR) is 128 cm³/mol. The normalized spacial score (nSPS) is 27.8. The van der Waals surface area contributed by atoms with Crippen molar-refractivity contribution in [1.29, 1.82) is 0 Å². The van der Waals surface area contributed by atoms with Gasteiger partial charge in [0.25, 0.3) is 11.8 Å². The van der Waals surface area contributed by atoms with E-state index < -0.39 is 35.2 Å². The van der Waals surface area contributed by atoms with E-state index in [4.69, 9.17) is 5.73 Å². The molecule has 16 heteroatoms. The van der Waals surface area contributed by atoms with E-state index in [-0.39, 0.29) is 34.4 Å². The minimum Gasteiger partial charge on any atom is -0.477 e. The zero-order chi connectivity index (χ0) is 25.6.